The summed E-state index contributed by atoms with van der Waals surface area (Å²) in [6.45, 7) is 5.39. The Balaban J connectivity index is 1.91. The van der Waals surface area contributed by atoms with Crippen molar-refractivity contribution in [3.63, 3.8) is 0 Å². The molecule has 0 fully saturated rings. The Kier molecular flexibility index (Phi) is 4.70. The number of aromatic nitrogens is 4. The van der Waals surface area contributed by atoms with Crippen molar-refractivity contribution in [2.24, 2.45) is 0 Å². The van der Waals surface area contributed by atoms with Crippen molar-refractivity contribution in [1.29, 1.82) is 0 Å². The van der Waals surface area contributed by atoms with Gasteiger partial charge in [-0.2, -0.15) is 4.98 Å². The fourth-order valence-corrected chi connectivity index (χ4v) is 1.76. The van der Waals surface area contributed by atoms with Crippen LogP contribution in [0.3, 0.4) is 0 Å². The highest BCUT2D eigenvalue weighted by molar-refractivity contribution is 5.84. The lowest BCUT2D eigenvalue weighted by molar-refractivity contribution is 0.0691. The molecule has 2 aromatic rings. The van der Waals surface area contributed by atoms with E-state index >= 15 is 0 Å². The van der Waals surface area contributed by atoms with Gasteiger partial charge in [0, 0.05) is 25.4 Å². The van der Waals surface area contributed by atoms with Gasteiger partial charge in [0.25, 0.3) is 0 Å². The van der Waals surface area contributed by atoms with Crippen LogP contribution in [0, 0.1) is 6.92 Å². The third-order valence-electron chi connectivity index (χ3n) is 2.64. The van der Waals surface area contributed by atoms with E-state index in [0.717, 1.165) is 0 Å². The summed E-state index contributed by atoms with van der Waals surface area (Å²) in [5.74, 6) is 0.793. The summed E-state index contributed by atoms with van der Waals surface area (Å²) in [6, 6.07) is 1.73. The number of hydrogen-bond donors (Lipinski definition) is 2. The molecule has 112 valence electrons. The van der Waals surface area contributed by atoms with Gasteiger partial charge in [-0.15, -0.1) is 0 Å². The summed E-state index contributed by atoms with van der Waals surface area (Å²) in [5.41, 5.74) is 0.0338. The monoisotopic (exact) mass is 291 g/mol. The molecule has 2 aromatic heterocycles. The average Bonchev–Trinajstić information content (AvgIpc) is 2.87. The van der Waals surface area contributed by atoms with Gasteiger partial charge in [0.05, 0.1) is 12.9 Å². The van der Waals surface area contributed by atoms with Gasteiger partial charge >= 0.3 is 5.97 Å². The third-order valence-corrected chi connectivity index (χ3v) is 2.64. The first kappa shape index (κ1) is 14.8. The minimum Gasteiger partial charge on any atom is -0.478 e. The molecule has 0 spiro atoms. The first-order valence-corrected chi connectivity index (χ1v) is 6.56. The topological polar surface area (TPSA) is 102 Å². The maximum atomic E-state index is 10.7. The molecule has 0 unspecified atom stereocenters. The summed E-state index contributed by atoms with van der Waals surface area (Å²) in [7, 11) is 0. The second-order valence-corrected chi connectivity index (χ2v) is 4.30. The van der Waals surface area contributed by atoms with Crippen molar-refractivity contribution < 1.29 is 14.6 Å². The van der Waals surface area contributed by atoms with E-state index in [-0.39, 0.29) is 5.69 Å². The fourth-order valence-electron chi connectivity index (χ4n) is 1.76. The normalized spacial score (nSPS) is 10.4. The molecule has 0 bridgehead atoms. The Labute approximate surface area is 121 Å². The summed E-state index contributed by atoms with van der Waals surface area (Å²) in [5, 5.41) is 11.9. The molecule has 0 saturated carbocycles. The van der Waals surface area contributed by atoms with Crippen LogP contribution < -0.4 is 10.1 Å². The number of rotatable bonds is 7. The van der Waals surface area contributed by atoms with Crippen molar-refractivity contribution in [2.45, 2.75) is 20.4 Å². The van der Waals surface area contributed by atoms with Crippen LogP contribution in [0.25, 0.3) is 0 Å². The van der Waals surface area contributed by atoms with Crippen LogP contribution in [0.2, 0.25) is 0 Å². The molecule has 8 nitrogen and oxygen atoms in total. The van der Waals surface area contributed by atoms with Crippen molar-refractivity contribution in [1.82, 2.24) is 19.5 Å². The maximum Gasteiger partial charge on any atom is 0.356 e. The summed E-state index contributed by atoms with van der Waals surface area (Å²) < 4.78 is 7.05. The first-order chi connectivity index (χ1) is 10.1. The second kappa shape index (κ2) is 6.69. The zero-order valence-electron chi connectivity index (χ0n) is 11.9. The lowest BCUT2D eigenvalue weighted by Crippen LogP contribution is -2.11. The van der Waals surface area contributed by atoms with Crippen molar-refractivity contribution in [3.8, 4) is 5.88 Å². The average molecular weight is 291 g/mol. The Bertz CT molecular complexity index is 626. The van der Waals surface area contributed by atoms with Gasteiger partial charge in [0.15, 0.2) is 5.69 Å². The van der Waals surface area contributed by atoms with E-state index < -0.39 is 5.97 Å². The van der Waals surface area contributed by atoms with Crippen LogP contribution >= 0.6 is 0 Å². The molecule has 0 aliphatic carbocycles. The van der Waals surface area contributed by atoms with E-state index in [0.29, 0.717) is 37.2 Å². The van der Waals surface area contributed by atoms with Gasteiger partial charge < -0.3 is 19.7 Å². The standard InChI is InChI=1S/C13H17N5O3/c1-3-21-12-6-11(16-9(2)17-12)14-4-5-18-7-10(13(19)20)15-8-18/h6-8H,3-5H2,1-2H3,(H,19,20)(H,14,16,17). The SMILES string of the molecule is CCOc1cc(NCCn2cnc(C(=O)O)c2)nc(C)n1. The molecule has 0 saturated heterocycles. The lowest BCUT2D eigenvalue weighted by atomic mass is 10.5. The lowest BCUT2D eigenvalue weighted by Gasteiger charge is -2.09. The van der Waals surface area contributed by atoms with Crippen molar-refractivity contribution >= 4 is 11.8 Å². The molecule has 0 aliphatic rings. The molecule has 0 atom stereocenters. The van der Waals surface area contributed by atoms with E-state index in [1.54, 1.807) is 17.6 Å². The van der Waals surface area contributed by atoms with Gasteiger partial charge in [0.1, 0.15) is 11.6 Å². The molecule has 2 N–H and O–H groups in total. The van der Waals surface area contributed by atoms with E-state index in [1.165, 1.54) is 12.5 Å². The Morgan fingerprint density at radius 2 is 2.29 bits per heavy atom. The number of carboxylic acids is 1. The summed E-state index contributed by atoms with van der Waals surface area (Å²) in [4.78, 5) is 22.9. The number of carboxylic acid groups (broad SMARTS) is 1. The molecular formula is C13H17N5O3. The smallest absolute Gasteiger partial charge is 0.356 e. The number of nitrogens with zero attached hydrogens (tertiary/aromatic N) is 4. The molecule has 0 amide bonds. The minimum atomic E-state index is -1.03. The van der Waals surface area contributed by atoms with Crippen molar-refractivity contribution in [3.05, 3.63) is 30.1 Å². The highest BCUT2D eigenvalue weighted by atomic mass is 16.5. The highest BCUT2D eigenvalue weighted by Crippen LogP contribution is 2.13. The molecule has 2 heterocycles. The summed E-state index contributed by atoms with van der Waals surface area (Å²) in [6.07, 6.45) is 2.98. The third kappa shape index (κ3) is 4.16. The predicted octanol–water partition coefficient (Wildman–Crippen LogP) is 1.19. The quantitative estimate of drug-likeness (QED) is 0.789. The Morgan fingerprint density at radius 3 is 2.95 bits per heavy atom. The van der Waals surface area contributed by atoms with Gasteiger partial charge in [-0.3, -0.25) is 0 Å². The van der Waals surface area contributed by atoms with Crippen LogP contribution in [-0.4, -0.2) is 43.7 Å². The van der Waals surface area contributed by atoms with E-state index in [9.17, 15) is 4.79 Å². The fraction of sp³-hybridized carbons (Fsp3) is 0.385. The largest absolute Gasteiger partial charge is 0.478 e. The van der Waals surface area contributed by atoms with Crippen LogP contribution in [0.5, 0.6) is 5.88 Å². The van der Waals surface area contributed by atoms with Crippen LogP contribution in [-0.2, 0) is 6.54 Å². The molecule has 8 heteroatoms. The zero-order valence-corrected chi connectivity index (χ0v) is 11.9. The predicted molar refractivity (Wildman–Crippen MR) is 75.6 cm³/mol. The highest BCUT2D eigenvalue weighted by Gasteiger charge is 2.06. The van der Waals surface area contributed by atoms with Crippen LogP contribution in [0.4, 0.5) is 5.82 Å². The number of imidazole rings is 1. The molecule has 0 aliphatic heterocycles. The maximum absolute atomic E-state index is 10.7. The number of ether oxygens (including phenoxy) is 1. The molecule has 0 radical (unpaired) electrons. The van der Waals surface area contributed by atoms with Gasteiger partial charge in [-0.05, 0) is 13.8 Å². The van der Waals surface area contributed by atoms with Gasteiger partial charge in [-0.1, -0.05) is 0 Å². The van der Waals surface area contributed by atoms with Gasteiger partial charge in [0.2, 0.25) is 5.88 Å². The molecular weight excluding hydrogens is 274 g/mol. The zero-order chi connectivity index (χ0) is 15.2. The molecule has 0 aromatic carbocycles. The first-order valence-electron chi connectivity index (χ1n) is 6.56. The molecule has 21 heavy (non-hydrogen) atoms. The van der Waals surface area contributed by atoms with Crippen molar-refractivity contribution in [2.75, 3.05) is 18.5 Å². The number of anilines is 1. The minimum absolute atomic E-state index is 0.0338. The number of aromatic carboxylic acids is 1. The van der Waals surface area contributed by atoms with E-state index in [2.05, 4.69) is 20.3 Å². The van der Waals surface area contributed by atoms with Crippen LogP contribution in [0.15, 0.2) is 18.6 Å². The summed E-state index contributed by atoms with van der Waals surface area (Å²) >= 11 is 0. The van der Waals surface area contributed by atoms with Crippen LogP contribution in [0.1, 0.15) is 23.2 Å². The van der Waals surface area contributed by atoms with E-state index in [1.807, 2.05) is 6.92 Å². The number of nitrogens with one attached hydrogen (secondary N) is 1. The van der Waals surface area contributed by atoms with Gasteiger partial charge in [-0.25, -0.2) is 14.8 Å². The Morgan fingerprint density at radius 1 is 1.48 bits per heavy atom. The number of hydrogen-bond acceptors (Lipinski definition) is 6. The molecule has 2 rings (SSSR count). The number of aryl methyl sites for hydroxylation is 1. The van der Waals surface area contributed by atoms with E-state index in [4.69, 9.17) is 9.84 Å². The Hall–Kier alpha value is -2.64. The second-order valence-electron chi connectivity index (χ2n) is 4.30. The number of carbonyl (C=O) groups is 1.